The van der Waals surface area contributed by atoms with Gasteiger partial charge in [0.2, 0.25) is 5.89 Å². The second-order valence-electron chi connectivity index (χ2n) is 6.51. The van der Waals surface area contributed by atoms with Crippen LogP contribution < -0.4 is 4.74 Å². The molecule has 7 heteroatoms. The normalized spacial score (nSPS) is 13.8. The van der Waals surface area contributed by atoms with E-state index in [1.165, 1.54) is 0 Å². The van der Waals surface area contributed by atoms with E-state index in [1.807, 2.05) is 20.8 Å². The zero-order valence-corrected chi connectivity index (χ0v) is 14.8. The molecular weight excluding hydrogens is 316 g/mol. The van der Waals surface area contributed by atoms with Crippen LogP contribution in [0.4, 0.5) is 0 Å². The lowest BCUT2D eigenvalue weighted by molar-refractivity contribution is 0.361. The zero-order valence-electron chi connectivity index (χ0n) is 14.0. The average molecular weight is 338 g/mol. The van der Waals surface area contributed by atoms with Gasteiger partial charge in [0, 0.05) is 5.41 Å². The molecule has 0 spiro atoms. The molecule has 0 aliphatic carbocycles. The van der Waals surface area contributed by atoms with Gasteiger partial charge in [0.1, 0.15) is 11.0 Å². The molecule has 0 N–H and O–H groups in total. The molecule has 0 amide bonds. The highest BCUT2D eigenvalue weighted by molar-refractivity contribution is 7.90. The van der Waals surface area contributed by atoms with E-state index in [4.69, 9.17) is 9.26 Å². The first-order valence-electron chi connectivity index (χ1n) is 7.32. The Morgan fingerprint density at radius 2 is 2.00 bits per heavy atom. The molecule has 23 heavy (non-hydrogen) atoms. The van der Waals surface area contributed by atoms with Crippen LogP contribution in [-0.2, 0) is 21.0 Å². The SMILES string of the molecule is COc1cccc(CS(=O)(=O)C(C)c2nc(C(C)(C)C)no2)c1. The minimum absolute atomic E-state index is 0.113. The van der Waals surface area contributed by atoms with Gasteiger partial charge in [-0.2, -0.15) is 4.98 Å². The molecular formula is C16H22N2O4S. The van der Waals surface area contributed by atoms with Crippen molar-refractivity contribution in [3.05, 3.63) is 41.5 Å². The predicted octanol–water partition coefficient (Wildman–Crippen LogP) is 3.05. The van der Waals surface area contributed by atoms with Gasteiger partial charge in [-0.3, -0.25) is 0 Å². The van der Waals surface area contributed by atoms with Crippen LogP contribution in [0, 0.1) is 0 Å². The van der Waals surface area contributed by atoms with Crippen molar-refractivity contribution in [3.63, 3.8) is 0 Å². The van der Waals surface area contributed by atoms with Crippen molar-refractivity contribution >= 4 is 9.84 Å². The van der Waals surface area contributed by atoms with Gasteiger partial charge < -0.3 is 9.26 Å². The molecule has 6 nitrogen and oxygen atoms in total. The van der Waals surface area contributed by atoms with E-state index in [2.05, 4.69) is 10.1 Å². The summed E-state index contributed by atoms with van der Waals surface area (Å²) in [6, 6.07) is 6.99. The van der Waals surface area contributed by atoms with Crippen LogP contribution in [-0.4, -0.2) is 25.7 Å². The molecule has 2 aromatic rings. The smallest absolute Gasteiger partial charge is 0.244 e. The number of nitrogens with zero attached hydrogens (tertiary/aromatic N) is 2. The largest absolute Gasteiger partial charge is 0.497 e. The second-order valence-corrected chi connectivity index (χ2v) is 8.83. The summed E-state index contributed by atoms with van der Waals surface area (Å²) < 4.78 is 35.5. The fraction of sp³-hybridized carbons (Fsp3) is 0.500. The molecule has 1 unspecified atom stereocenters. The van der Waals surface area contributed by atoms with Gasteiger partial charge in [0.25, 0.3) is 0 Å². The van der Waals surface area contributed by atoms with Crippen LogP contribution in [0.15, 0.2) is 28.8 Å². The van der Waals surface area contributed by atoms with Crippen LogP contribution in [0.2, 0.25) is 0 Å². The molecule has 0 radical (unpaired) electrons. The summed E-state index contributed by atoms with van der Waals surface area (Å²) in [5, 5.41) is 3.02. The third-order valence-electron chi connectivity index (χ3n) is 3.50. The van der Waals surface area contributed by atoms with Crippen LogP contribution in [0.25, 0.3) is 0 Å². The Kier molecular flexibility index (Phi) is 4.79. The Bertz CT molecular complexity index is 775. The van der Waals surface area contributed by atoms with Crippen molar-refractivity contribution in [2.75, 3.05) is 7.11 Å². The first-order chi connectivity index (χ1) is 10.6. The van der Waals surface area contributed by atoms with Crippen LogP contribution in [0.1, 0.15) is 50.2 Å². The first kappa shape index (κ1) is 17.5. The van der Waals surface area contributed by atoms with E-state index in [9.17, 15) is 8.42 Å². The van der Waals surface area contributed by atoms with Crippen LogP contribution in [0.5, 0.6) is 5.75 Å². The van der Waals surface area contributed by atoms with Crippen LogP contribution >= 0.6 is 0 Å². The topological polar surface area (TPSA) is 82.3 Å². The summed E-state index contributed by atoms with van der Waals surface area (Å²) in [5.74, 6) is 1.13. The maximum atomic E-state index is 12.6. The lowest BCUT2D eigenvalue weighted by atomic mass is 9.96. The molecule has 0 saturated heterocycles. The molecule has 0 aliphatic heterocycles. The van der Waals surface area contributed by atoms with Crippen molar-refractivity contribution in [2.45, 2.75) is 44.1 Å². The Morgan fingerprint density at radius 3 is 2.57 bits per heavy atom. The molecule has 1 heterocycles. The molecule has 0 saturated carbocycles. The van der Waals surface area contributed by atoms with Crippen molar-refractivity contribution in [1.29, 1.82) is 0 Å². The number of aromatic nitrogens is 2. The quantitative estimate of drug-likeness (QED) is 0.833. The summed E-state index contributed by atoms with van der Waals surface area (Å²) in [6.07, 6.45) is 0. The third kappa shape index (κ3) is 4.10. The summed E-state index contributed by atoms with van der Waals surface area (Å²) in [7, 11) is -1.93. The standard InChI is InChI=1S/C16H22N2O4S/c1-11(14-17-15(18-22-14)16(2,3)4)23(19,20)10-12-7-6-8-13(9-12)21-5/h6-9,11H,10H2,1-5H3. The van der Waals surface area contributed by atoms with Crippen molar-refractivity contribution in [1.82, 2.24) is 10.1 Å². The van der Waals surface area contributed by atoms with E-state index in [1.54, 1.807) is 38.3 Å². The monoisotopic (exact) mass is 338 g/mol. The molecule has 0 bridgehead atoms. The Morgan fingerprint density at radius 1 is 1.30 bits per heavy atom. The zero-order chi connectivity index (χ0) is 17.3. The molecule has 2 rings (SSSR count). The Balaban J connectivity index is 2.23. The Hall–Kier alpha value is -1.89. The number of rotatable bonds is 5. The lowest BCUT2D eigenvalue weighted by Crippen LogP contribution is -2.15. The first-order valence-corrected chi connectivity index (χ1v) is 9.03. The van der Waals surface area contributed by atoms with Gasteiger partial charge in [0.05, 0.1) is 12.9 Å². The summed E-state index contributed by atoms with van der Waals surface area (Å²) in [6.45, 7) is 7.39. The molecule has 1 aromatic heterocycles. The minimum atomic E-state index is -3.48. The molecule has 0 fully saturated rings. The Labute approximate surface area is 136 Å². The summed E-state index contributed by atoms with van der Waals surface area (Å²) >= 11 is 0. The number of hydrogen-bond acceptors (Lipinski definition) is 6. The van der Waals surface area contributed by atoms with Crippen LogP contribution in [0.3, 0.4) is 0 Å². The van der Waals surface area contributed by atoms with E-state index in [-0.39, 0.29) is 17.1 Å². The molecule has 1 aromatic carbocycles. The fourth-order valence-corrected chi connectivity index (χ4v) is 3.28. The lowest BCUT2D eigenvalue weighted by Gasteiger charge is -2.12. The highest BCUT2D eigenvalue weighted by Crippen LogP contribution is 2.27. The number of sulfone groups is 1. The summed E-state index contributed by atoms with van der Waals surface area (Å²) in [5.41, 5.74) is 0.365. The van der Waals surface area contributed by atoms with E-state index >= 15 is 0 Å². The molecule has 1 atom stereocenters. The number of methoxy groups -OCH3 is 1. The second kappa shape index (κ2) is 6.31. The van der Waals surface area contributed by atoms with E-state index < -0.39 is 15.1 Å². The van der Waals surface area contributed by atoms with E-state index in [0.717, 1.165) is 0 Å². The maximum absolute atomic E-state index is 12.6. The average Bonchev–Trinajstić information content (AvgIpc) is 2.96. The fourth-order valence-electron chi connectivity index (χ4n) is 1.98. The van der Waals surface area contributed by atoms with Crippen molar-refractivity contribution in [2.24, 2.45) is 0 Å². The van der Waals surface area contributed by atoms with Gasteiger partial charge in [-0.25, -0.2) is 8.42 Å². The van der Waals surface area contributed by atoms with Crippen molar-refractivity contribution < 1.29 is 17.7 Å². The predicted molar refractivity (Wildman–Crippen MR) is 87.0 cm³/mol. The van der Waals surface area contributed by atoms with Crippen molar-refractivity contribution in [3.8, 4) is 5.75 Å². The van der Waals surface area contributed by atoms with Gasteiger partial charge in [-0.05, 0) is 24.6 Å². The van der Waals surface area contributed by atoms with Gasteiger partial charge >= 0.3 is 0 Å². The van der Waals surface area contributed by atoms with Gasteiger partial charge in [0.15, 0.2) is 15.7 Å². The highest BCUT2D eigenvalue weighted by Gasteiger charge is 2.30. The van der Waals surface area contributed by atoms with Gasteiger partial charge in [-0.1, -0.05) is 38.1 Å². The minimum Gasteiger partial charge on any atom is -0.497 e. The summed E-state index contributed by atoms with van der Waals surface area (Å²) in [4.78, 5) is 4.24. The third-order valence-corrected chi connectivity index (χ3v) is 5.52. The molecule has 126 valence electrons. The number of ether oxygens (including phenoxy) is 1. The number of hydrogen-bond donors (Lipinski definition) is 0. The van der Waals surface area contributed by atoms with Gasteiger partial charge in [-0.15, -0.1) is 0 Å². The highest BCUT2D eigenvalue weighted by atomic mass is 32.2. The maximum Gasteiger partial charge on any atom is 0.244 e. The number of benzene rings is 1. The molecule has 0 aliphatic rings. The van der Waals surface area contributed by atoms with E-state index in [0.29, 0.717) is 17.1 Å².